The summed E-state index contributed by atoms with van der Waals surface area (Å²) in [7, 11) is 1.61. The van der Waals surface area contributed by atoms with E-state index in [1.54, 1.807) is 13.3 Å². The van der Waals surface area contributed by atoms with Crippen molar-refractivity contribution in [1.29, 1.82) is 0 Å². The number of aromatic nitrogens is 2. The van der Waals surface area contributed by atoms with Crippen molar-refractivity contribution in [2.45, 2.75) is 19.3 Å². The van der Waals surface area contributed by atoms with Gasteiger partial charge >= 0.3 is 0 Å². The highest BCUT2D eigenvalue weighted by Gasteiger charge is 2.19. The van der Waals surface area contributed by atoms with Crippen molar-refractivity contribution in [2.24, 2.45) is 0 Å². The molecule has 1 fully saturated rings. The molecule has 0 spiro atoms. The van der Waals surface area contributed by atoms with Gasteiger partial charge in [-0.3, -0.25) is 9.78 Å². The Morgan fingerprint density at radius 2 is 1.88 bits per heavy atom. The highest BCUT2D eigenvalue weighted by molar-refractivity contribution is 5.94. The SMILES string of the molecule is COc1nc2ccccc2cc1-c1ccc(C(=O)N2CCCCC2)cn1. The molecule has 3 heterocycles. The molecule has 4 rings (SSSR count). The van der Waals surface area contributed by atoms with Gasteiger partial charge in [0.05, 0.1) is 29.4 Å². The Bertz CT molecular complexity index is 932. The number of para-hydroxylation sites is 1. The highest BCUT2D eigenvalue weighted by Crippen LogP contribution is 2.30. The first-order chi connectivity index (χ1) is 12.8. The first kappa shape index (κ1) is 16.5. The molecule has 1 amide bonds. The monoisotopic (exact) mass is 347 g/mol. The zero-order valence-corrected chi connectivity index (χ0v) is 14.8. The smallest absolute Gasteiger partial charge is 0.255 e. The molecule has 1 aromatic carbocycles. The average Bonchev–Trinajstić information content (AvgIpc) is 2.73. The average molecular weight is 347 g/mol. The summed E-state index contributed by atoms with van der Waals surface area (Å²) < 4.78 is 5.45. The number of ether oxygens (including phenoxy) is 1. The van der Waals surface area contributed by atoms with Crippen LogP contribution in [0, 0.1) is 0 Å². The van der Waals surface area contributed by atoms with Crippen LogP contribution in [0.4, 0.5) is 0 Å². The van der Waals surface area contributed by atoms with Crippen LogP contribution in [-0.4, -0.2) is 41.0 Å². The number of likely N-dealkylation sites (tertiary alicyclic amines) is 1. The molecule has 1 aliphatic rings. The Kier molecular flexibility index (Phi) is 4.52. The van der Waals surface area contributed by atoms with E-state index in [9.17, 15) is 4.79 Å². The minimum Gasteiger partial charge on any atom is -0.480 e. The number of fused-ring (bicyclic) bond motifs is 1. The lowest BCUT2D eigenvalue weighted by Crippen LogP contribution is -2.35. The maximum absolute atomic E-state index is 12.6. The lowest BCUT2D eigenvalue weighted by Gasteiger charge is -2.26. The van der Waals surface area contributed by atoms with Crippen LogP contribution in [0.15, 0.2) is 48.7 Å². The number of hydrogen-bond donors (Lipinski definition) is 0. The summed E-state index contributed by atoms with van der Waals surface area (Å²) in [5.41, 5.74) is 3.08. The van der Waals surface area contributed by atoms with Gasteiger partial charge in [-0.1, -0.05) is 18.2 Å². The molecule has 2 aromatic heterocycles. The van der Waals surface area contributed by atoms with Crippen LogP contribution in [0.3, 0.4) is 0 Å². The molecule has 0 radical (unpaired) electrons. The zero-order chi connectivity index (χ0) is 17.9. The number of carbonyl (C=O) groups excluding carboxylic acids is 1. The fourth-order valence-electron chi connectivity index (χ4n) is 3.40. The van der Waals surface area contributed by atoms with Crippen LogP contribution in [-0.2, 0) is 0 Å². The van der Waals surface area contributed by atoms with Gasteiger partial charge < -0.3 is 9.64 Å². The number of carbonyl (C=O) groups is 1. The van der Waals surface area contributed by atoms with Crippen molar-refractivity contribution < 1.29 is 9.53 Å². The van der Waals surface area contributed by atoms with E-state index in [-0.39, 0.29) is 5.91 Å². The predicted octanol–water partition coefficient (Wildman–Crippen LogP) is 3.93. The molecule has 0 atom stereocenters. The van der Waals surface area contributed by atoms with E-state index in [2.05, 4.69) is 9.97 Å². The lowest BCUT2D eigenvalue weighted by atomic mass is 10.1. The Hall–Kier alpha value is -2.95. The standard InChI is InChI=1S/C21H21N3O2/c1-26-20-17(13-15-7-3-4-8-18(15)23-20)19-10-9-16(14-22-19)21(25)24-11-5-2-6-12-24/h3-4,7-10,13-14H,2,5-6,11-12H2,1H3. The summed E-state index contributed by atoms with van der Waals surface area (Å²) in [6.07, 6.45) is 5.02. The number of nitrogens with zero attached hydrogens (tertiary/aromatic N) is 3. The third kappa shape index (κ3) is 3.12. The Morgan fingerprint density at radius 3 is 2.62 bits per heavy atom. The molecule has 3 aromatic rings. The fraction of sp³-hybridized carbons (Fsp3) is 0.286. The maximum Gasteiger partial charge on any atom is 0.255 e. The van der Waals surface area contributed by atoms with Crippen molar-refractivity contribution in [3.05, 3.63) is 54.2 Å². The van der Waals surface area contributed by atoms with E-state index in [0.29, 0.717) is 11.4 Å². The molecule has 5 nitrogen and oxygen atoms in total. The molecule has 0 aliphatic carbocycles. The minimum absolute atomic E-state index is 0.0624. The van der Waals surface area contributed by atoms with Crippen LogP contribution >= 0.6 is 0 Å². The van der Waals surface area contributed by atoms with Crippen molar-refractivity contribution in [3.63, 3.8) is 0 Å². The second kappa shape index (κ2) is 7.12. The Labute approximate surface area is 152 Å². The number of piperidine rings is 1. The lowest BCUT2D eigenvalue weighted by molar-refractivity contribution is 0.0724. The zero-order valence-electron chi connectivity index (χ0n) is 14.8. The number of methoxy groups -OCH3 is 1. The van der Waals surface area contributed by atoms with Crippen molar-refractivity contribution in [3.8, 4) is 17.1 Å². The van der Waals surface area contributed by atoms with E-state index in [1.807, 2.05) is 47.4 Å². The van der Waals surface area contributed by atoms with E-state index >= 15 is 0 Å². The molecule has 5 heteroatoms. The summed E-state index contributed by atoms with van der Waals surface area (Å²) >= 11 is 0. The highest BCUT2D eigenvalue weighted by atomic mass is 16.5. The van der Waals surface area contributed by atoms with Gasteiger partial charge in [-0.25, -0.2) is 4.98 Å². The second-order valence-corrected chi connectivity index (χ2v) is 6.52. The van der Waals surface area contributed by atoms with Gasteiger partial charge in [-0.15, -0.1) is 0 Å². The third-order valence-corrected chi connectivity index (χ3v) is 4.81. The molecular formula is C21H21N3O2. The summed E-state index contributed by atoms with van der Waals surface area (Å²) in [4.78, 5) is 23.6. The van der Waals surface area contributed by atoms with E-state index < -0.39 is 0 Å². The first-order valence-electron chi connectivity index (χ1n) is 8.96. The van der Waals surface area contributed by atoms with Crippen LogP contribution < -0.4 is 4.74 Å². The molecule has 1 saturated heterocycles. The van der Waals surface area contributed by atoms with Gasteiger partial charge in [0.25, 0.3) is 5.91 Å². The van der Waals surface area contributed by atoms with E-state index in [4.69, 9.17) is 4.74 Å². The van der Waals surface area contributed by atoms with Gasteiger partial charge in [0, 0.05) is 24.7 Å². The molecule has 26 heavy (non-hydrogen) atoms. The van der Waals surface area contributed by atoms with E-state index in [1.165, 1.54) is 6.42 Å². The van der Waals surface area contributed by atoms with Crippen molar-refractivity contribution >= 4 is 16.8 Å². The molecule has 0 N–H and O–H groups in total. The molecule has 1 aliphatic heterocycles. The number of benzene rings is 1. The predicted molar refractivity (Wildman–Crippen MR) is 101 cm³/mol. The number of hydrogen-bond acceptors (Lipinski definition) is 4. The number of pyridine rings is 2. The van der Waals surface area contributed by atoms with Gasteiger partial charge in [-0.05, 0) is 43.5 Å². The largest absolute Gasteiger partial charge is 0.480 e. The third-order valence-electron chi connectivity index (χ3n) is 4.81. The van der Waals surface area contributed by atoms with Gasteiger partial charge in [0.2, 0.25) is 5.88 Å². The molecule has 0 unspecified atom stereocenters. The normalized spacial score (nSPS) is 14.4. The van der Waals surface area contributed by atoms with Crippen molar-refractivity contribution in [2.75, 3.05) is 20.2 Å². The van der Waals surface area contributed by atoms with Gasteiger partial charge in [0.1, 0.15) is 0 Å². The first-order valence-corrected chi connectivity index (χ1v) is 8.96. The summed E-state index contributed by atoms with van der Waals surface area (Å²) in [6.45, 7) is 1.67. The summed E-state index contributed by atoms with van der Waals surface area (Å²) in [5.74, 6) is 0.596. The van der Waals surface area contributed by atoms with Crippen LogP contribution in [0.2, 0.25) is 0 Å². The van der Waals surface area contributed by atoms with Gasteiger partial charge in [-0.2, -0.15) is 0 Å². The van der Waals surface area contributed by atoms with Crippen LogP contribution in [0.25, 0.3) is 22.2 Å². The van der Waals surface area contributed by atoms with Gasteiger partial charge in [0.15, 0.2) is 0 Å². The number of amides is 1. The summed E-state index contributed by atoms with van der Waals surface area (Å²) in [5, 5.41) is 1.03. The Balaban J connectivity index is 1.66. The molecule has 0 saturated carbocycles. The van der Waals surface area contributed by atoms with Crippen LogP contribution in [0.1, 0.15) is 29.6 Å². The quantitative estimate of drug-likeness (QED) is 0.720. The second-order valence-electron chi connectivity index (χ2n) is 6.52. The molecular weight excluding hydrogens is 326 g/mol. The minimum atomic E-state index is 0.0624. The number of rotatable bonds is 3. The van der Waals surface area contributed by atoms with Crippen LogP contribution in [0.5, 0.6) is 5.88 Å². The molecule has 132 valence electrons. The van der Waals surface area contributed by atoms with E-state index in [0.717, 1.165) is 48.1 Å². The topological polar surface area (TPSA) is 55.3 Å². The summed E-state index contributed by atoms with van der Waals surface area (Å²) in [6, 6.07) is 13.6. The maximum atomic E-state index is 12.6. The Morgan fingerprint density at radius 1 is 1.08 bits per heavy atom. The molecule has 0 bridgehead atoms. The van der Waals surface area contributed by atoms with Crippen molar-refractivity contribution in [1.82, 2.24) is 14.9 Å². The fourth-order valence-corrected chi connectivity index (χ4v) is 3.40.